The van der Waals surface area contributed by atoms with E-state index in [1.54, 1.807) is 12.3 Å². The number of hydrogen-bond donors (Lipinski definition) is 0. The number of aromatic nitrogens is 2. The van der Waals surface area contributed by atoms with Crippen molar-refractivity contribution in [3.8, 4) is 5.75 Å². The van der Waals surface area contributed by atoms with Crippen LogP contribution in [-0.4, -0.2) is 15.7 Å². The summed E-state index contributed by atoms with van der Waals surface area (Å²) in [4.78, 5) is 4.13. The van der Waals surface area contributed by atoms with Gasteiger partial charge in [0.25, 0.3) is 0 Å². The van der Waals surface area contributed by atoms with Gasteiger partial charge < -0.3 is 9.30 Å². The lowest BCUT2D eigenvalue weighted by Crippen LogP contribution is -2.23. The standard InChI is InChI=1S/C21H28Cl2N2O/c22-18-10-11-21(20(23)14-18)26-19(15-25-13-12-24-16-25)9-5-4-8-17-6-2-1-3-7-17/h10-14,16-17,19H,1-9,15H2. The van der Waals surface area contributed by atoms with Crippen LogP contribution in [0.4, 0.5) is 0 Å². The quantitative estimate of drug-likeness (QED) is 0.438. The van der Waals surface area contributed by atoms with Gasteiger partial charge in [-0.05, 0) is 37.0 Å². The van der Waals surface area contributed by atoms with E-state index in [0.29, 0.717) is 15.8 Å². The van der Waals surface area contributed by atoms with Crippen molar-refractivity contribution in [1.82, 2.24) is 9.55 Å². The van der Waals surface area contributed by atoms with E-state index in [1.165, 1.54) is 51.4 Å². The Labute approximate surface area is 166 Å². The van der Waals surface area contributed by atoms with Crippen molar-refractivity contribution in [3.05, 3.63) is 47.0 Å². The monoisotopic (exact) mass is 394 g/mol. The third-order valence-corrected chi connectivity index (χ3v) is 5.80. The van der Waals surface area contributed by atoms with Crippen LogP contribution in [0.25, 0.3) is 0 Å². The smallest absolute Gasteiger partial charge is 0.138 e. The lowest BCUT2D eigenvalue weighted by Gasteiger charge is -2.23. The lowest BCUT2D eigenvalue weighted by molar-refractivity contribution is 0.165. The molecule has 5 heteroatoms. The predicted molar refractivity (Wildman–Crippen MR) is 108 cm³/mol. The maximum Gasteiger partial charge on any atom is 0.138 e. The second-order valence-corrected chi connectivity index (χ2v) is 8.21. The van der Waals surface area contributed by atoms with E-state index in [-0.39, 0.29) is 6.10 Å². The Morgan fingerprint density at radius 3 is 2.73 bits per heavy atom. The van der Waals surface area contributed by atoms with Crippen LogP contribution in [0.5, 0.6) is 5.75 Å². The Hall–Kier alpha value is -1.19. The summed E-state index contributed by atoms with van der Waals surface area (Å²) < 4.78 is 8.29. The van der Waals surface area contributed by atoms with E-state index in [1.807, 2.05) is 24.7 Å². The maximum absolute atomic E-state index is 6.29. The molecule has 2 aromatic rings. The highest BCUT2D eigenvalue weighted by Gasteiger charge is 2.16. The molecule has 0 amide bonds. The molecule has 0 saturated heterocycles. The number of ether oxygens (including phenoxy) is 1. The number of halogens is 2. The van der Waals surface area contributed by atoms with Gasteiger partial charge in [0.15, 0.2) is 0 Å². The van der Waals surface area contributed by atoms with Crippen molar-refractivity contribution in [2.45, 2.75) is 70.4 Å². The van der Waals surface area contributed by atoms with Crippen LogP contribution in [0.3, 0.4) is 0 Å². The largest absolute Gasteiger partial charge is 0.487 e. The summed E-state index contributed by atoms with van der Waals surface area (Å²) in [6.45, 7) is 0.780. The SMILES string of the molecule is Clc1ccc(OC(CCCCC2CCCCC2)Cn2ccnc2)c(Cl)c1. The molecule has 0 aliphatic heterocycles. The molecule has 142 valence electrons. The minimum atomic E-state index is 0.0780. The highest BCUT2D eigenvalue weighted by Crippen LogP contribution is 2.30. The second-order valence-electron chi connectivity index (χ2n) is 7.36. The van der Waals surface area contributed by atoms with Crippen molar-refractivity contribution in [2.24, 2.45) is 5.92 Å². The minimum absolute atomic E-state index is 0.0780. The van der Waals surface area contributed by atoms with Crippen LogP contribution in [0.1, 0.15) is 57.8 Å². The number of nitrogens with zero attached hydrogens (tertiary/aromatic N) is 2. The number of rotatable bonds is 9. The van der Waals surface area contributed by atoms with Gasteiger partial charge >= 0.3 is 0 Å². The van der Waals surface area contributed by atoms with Crippen LogP contribution < -0.4 is 4.74 Å². The van der Waals surface area contributed by atoms with Gasteiger partial charge in [-0.25, -0.2) is 4.98 Å². The van der Waals surface area contributed by atoms with Crippen molar-refractivity contribution in [3.63, 3.8) is 0 Å². The molecular formula is C21H28Cl2N2O. The van der Waals surface area contributed by atoms with Gasteiger partial charge in [0.1, 0.15) is 11.9 Å². The molecule has 0 radical (unpaired) electrons. The molecule has 1 saturated carbocycles. The zero-order valence-corrected chi connectivity index (χ0v) is 16.8. The maximum atomic E-state index is 6.29. The third kappa shape index (κ3) is 6.21. The molecule has 1 fully saturated rings. The molecule has 0 spiro atoms. The molecule has 1 unspecified atom stereocenters. The van der Waals surface area contributed by atoms with E-state index in [9.17, 15) is 0 Å². The van der Waals surface area contributed by atoms with Crippen LogP contribution in [0.15, 0.2) is 36.9 Å². The zero-order chi connectivity index (χ0) is 18.2. The van der Waals surface area contributed by atoms with Gasteiger partial charge in [0.05, 0.1) is 17.9 Å². The molecule has 0 bridgehead atoms. The van der Waals surface area contributed by atoms with Gasteiger partial charge in [0.2, 0.25) is 0 Å². The summed E-state index contributed by atoms with van der Waals surface area (Å²) in [5.41, 5.74) is 0. The first-order valence-electron chi connectivity index (χ1n) is 9.78. The number of unbranched alkanes of at least 4 members (excludes halogenated alkanes) is 1. The molecular weight excluding hydrogens is 367 g/mol. The van der Waals surface area contributed by atoms with Gasteiger partial charge in [-0.2, -0.15) is 0 Å². The second kappa shape index (κ2) is 10.2. The molecule has 26 heavy (non-hydrogen) atoms. The molecule has 1 aromatic carbocycles. The summed E-state index contributed by atoms with van der Waals surface area (Å²) in [5, 5.41) is 1.19. The summed E-state index contributed by atoms with van der Waals surface area (Å²) in [6.07, 6.45) is 17.7. The van der Waals surface area contributed by atoms with Crippen molar-refractivity contribution >= 4 is 23.2 Å². The van der Waals surface area contributed by atoms with Gasteiger partial charge in [-0.1, -0.05) is 68.1 Å². The Morgan fingerprint density at radius 1 is 1.15 bits per heavy atom. The molecule has 1 atom stereocenters. The Bertz CT molecular complexity index is 654. The number of benzene rings is 1. The zero-order valence-electron chi connectivity index (χ0n) is 15.2. The van der Waals surface area contributed by atoms with E-state index in [4.69, 9.17) is 27.9 Å². The molecule has 3 nitrogen and oxygen atoms in total. The lowest BCUT2D eigenvalue weighted by atomic mass is 9.85. The fourth-order valence-corrected chi connectivity index (χ4v) is 4.30. The molecule has 3 rings (SSSR count). The summed E-state index contributed by atoms with van der Waals surface area (Å²) >= 11 is 12.3. The van der Waals surface area contributed by atoms with E-state index in [0.717, 1.165) is 18.9 Å². The molecule has 1 heterocycles. The third-order valence-electron chi connectivity index (χ3n) is 5.27. The predicted octanol–water partition coefficient (Wildman–Crippen LogP) is 6.78. The Balaban J connectivity index is 1.52. The summed E-state index contributed by atoms with van der Waals surface area (Å²) in [6, 6.07) is 5.41. The van der Waals surface area contributed by atoms with Crippen LogP contribution >= 0.6 is 23.2 Å². The molecule has 1 aliphatic carbocycles. The summed E-state index contributed by atoms with van der Waals surface area (Å²) in [7, 11) is 0. The van der Waals surface area contributed by atoms with Crippen LogP contribution in [0.2, 0.25) is 10.0 Å². The number of hydrogen-bond acceptors (Lipinski definition) is 2. The van der Waals surface area contributed by atoms with Crippen molar-refractivity contribution < 1.29 is 4.74 Å². The molecule has 1 aromatic heterocycles. The highest BCUT2D eigenvalue weighted by molar-refractivity contribution is 6.35. The number of imidazole rings is 1. The Kier molecular flexibility index (Phi) is 7.69. The molecule has 0 N–H and O–H groups in total. The fraction of sp³-hybridized carbons (Fsp3) is 0.571. The van der Waals surface area contributed by atoms with Crippen molar-refractivity contribution in [1.29, 1.82) is 0 Å². The van der Waals surface area contributed by atoms with E-state index >= 15 is 0 Å². The average molecular weight is 395 g/mol. The van der Waals surface area contributed by atoms with E-state index in [2.05, 4.69) is 9.55 Å². The summed E-state index contributed by atoms with van der Waals surface area (Å²) in [5.74, 6) is 1.65. The van der Waals surface area contributed by atoms with E-state index < -0.39 is 0 Å². The normalized spacial score (nSPS) is 16.5. The van der Waals surface area contributed by atoms with Crippen LogP contribution in [-0.2, 0) is 6.54 Å². The van der Waals surface area contributed by atoms with Crippen molar-refractivity contribution in [2.75, 3.05) is 0 Å². The molecule has 1 aliphatic rings. The topological polar surface area (TPSA) is 27.1 Å². The minimum Gasteiger partial charge on any atom is -0.487 e. The Morgan fingerprint density at radius 2 is 2.00 bits per heavy atom. The van der Waals surface area contributed by atoms with Gasteiger partial charge in [-0.3, -0.25) is 0 Å². The fourth-order valence-electron chi connectivity index (χ4n) is 3.85. The highest BCUT2D eigenvalue weighted by atomic mass is 35.5. The first kappa shape index (κ1) is 19.6. The van der Waals surface area contributed by atoms with Gasteiger partial charge in [0, 0.05) is 17.4 Å². The first-order chi connectivity index (χ1) is 12.7. The van der Waals surface area contributed by atoms with Gasteiger partial charge in [-0.15, -0.1) is 0 Å². The average Bonchev–Trinajstić information content (AvgIpc) is 3.15. The first-order valence-corrected chi connectivity index (χ1v) is 10.5. The van der Waals surface area contributed by atoms with Crippen LogP contribution in [0, 0.1) is 5.92 Å².